The Labute approximate surface area is 245 Å². The van der Waals surface area contributed by atoms with Crippen molar-refractivity contribution in [2.24, 2.45) is 0 Å². The van der Waals surface area contributed by atoms with E-state index in [1.165, 1.54) is 31.1 Å². The highest BCUT2D eigenvalue weighted by molar-refractivity contribution is 7.92. The maximum absolute atomic E-state index is 11.9. The lowest BCUT2D eigenvalue weighted by molar-refractivity contribution is 0.303. The number of nitrogens with zero attached hydrogens (tertiary/aromatic N) is 1. The van der Waals surface area contributed by atoms with Gasteiger partial charge in [0.05, 0.1) is 18.6 Å². The Morgan fingerprint density at radius 1 is 0.732 bits per heavy atom. The number of nitrogens with one attached hydrogen (secondary N) is 1. The summed E-state index contributed by atoms with van der Waals surface area (Å²) in [7, 11) is -3.39. The fourth-order valence-electron chi connectivity index (χ4n) is 4.67. The summed E-state index contributed by atoms with van der Waals surface area (Å²) >= 11 is 0. The molecule has 7 heteroatoms. The van der Waals surface area contributed by atoms with Crippen LogP contribution in [0.5, 0.6) is 17.2 Å². The van der Waals surface area contributed by atoms with Crippen LogP contribution in [-0.2, 0) is 23.1 Å². The van der Waals surface area contributed by atoms with Gasteiger partial charge < -0.3 is 14.4 Å². The fourth-order valence-corrected chi connectivity index (χ4v) is 5.29. The van der Waals surface area contributed by atoms with Gasteiger partial charge in [-0.15, -0.1) is 0 Å². The van der Waals surface area contributed by atoms with Crippen LogP contribution in [0, 0.1) is 6.92 Å². The van der Waals surface area contributed by atoms with Crippen molar-refractivity contribution < 1.29 is 17.9 Å². The van der Waals surface area contributed by atoms with E-state index in [9.17, 15) is 8.42 Å². The van der Waals surface area contributed by atoms with E-state index in [1.54, 1.807) is 6.07 Å². The van der Waals surface area contributed by atoms with Crippen LogP contribution in [0.25, 0.3) is 0 Å². The number of unbranched alkanes of at least 4 members (excludes halogenated alkanes) is 3. The third-order valence-electron chi connectivity index (χ3n) is 6.76. The summed E-state index contributed by atoms with van der Waals surface area (Å²) < 4.78 is 38.5. The van der Waals surface area contributed by atoms with Crippen molar-refractivity contribution in [1.29, 1.82) is 0 Å². The third-order valence-corrected chi connectivity index (χ3v) is 7.35. The molecule has 4 rings (SSSR count). The van der Waals surface area contributed by atoms with Crippen molar-refractivity contribution in [1.82, 2.24) is 0 Å². The molecule has 0 heterocycles. The summed E-state index contributed by atoms with van der Waals surface area (Å²) in [4.78, 5) is 2.26. The summed E-state index contributed by atoms with van der Waals surface area (Å²) in [6.07, 6.45) is 5.86. The lowest BCUT2D eigenvalue weighted by Crippen LogP contribution is -2.23. The highest BCUT2D eigenvalue weighted by atomic mass is 32.2. The summed E-state index contributed by atoms with van der Waals surface area (Å²) in [6, 6.07) is 31.8. The van der Waals surface area contributed by atoms with E-state index in [0.717, 1.165) is 40.5 Å². The van der Waals surface area contributed by atoms with Gasteiger partial charge in [0.1, 0.15) is 17.2 Å². The maximum atomic E-state index is 11.9. The van der Waals surface area contributed by atoms with Gasteiger partial charge >= 0.3 is 0 Å². The summed E-state index contributed by atoms with van der Waals surface area (Å²) in [5, 5.41) is 0. The van der Waals surface area contributed by atoms with Crippen molar-refractivity contribution in [2.45, 2.75) is 52.6 Å². The summed E-state index contributed by atoms with van der Waals surface area (Å²) in [6.45, 7) is 6.18. The van der Waals surface area contributed by atoms with E-state index in [1.807, 2.05) is 73.7 Å². The summed E-state index contributed by atoms with van der Waals surface area (Å²) in [5.41, 5.74) is 4.70. The minimum Gasteiger partial charge on any atom is -0.493 e. The smallest absolute Gasteiger partial charge is 0.229 e. The average molecular weight is 573 g/mol. The van der Waals surface area contributed by atoms with E-state index in [2.05, 4.69) is 40.8 Å². The quantitative estimate of drug-likeness (QED) is 0.145. The predicted octanol–water partition coefficient (Wildman–Crippen LogP) is 8.32. The van der Waals surface area contributed by atoms with Gasteiger partial charge in [-0.05, 0) is 66.4 Å². The molecule has 0 unspecified atom stereocenters. The number of hydrogen-bond acceptors (Lipinski definition) is 5. The number of hydrogen-bond donors (Lipinski definition) is 1. The van der Waals surface area contributed by atoms with Gasteiger partial charge in [0.2, 0.25) is 10.0 Å². The second-order valence-corrected chi connectivity index (χ2v) is 12.0. The first-order chi connectivity index (χ1) is 19.8. The van der Waals surface area contributed by atoms with E-state index in [4.69, 9.17) is 9.47 Å². The number of sulfonamides is 1. The molecule has 4 aromatic carbocycles. The molecule has 0 aliphatic rings. The van der Waals surface area contributed by atoms with Crippen LogP contribution < -0.4 is 19.1 Å². The monoisotopic (exact) mass is 572 g/mol. The Hall–Kier alpha value is -3.97. The van der Waals surface area contributed by atoms with Crippen LogP contribution in [0.2, 0.25) is 0 Å². The molecular weight excluding hydrogens is 532 g/mol. The van der Waals surface area contributed by atoms with Gasteiger partial charge in [-0.3, -0.25) is 4.72 Å². The van der Waals surface area contributed by atoms with Crippen molar-refractivity contribution in [3.8, 4) is 17.2 Å². The largest absolute Gasteiger partial charge is 0.493 e. The molecule has 0 amide bonds. The molecule has 41 heavy (non-hydrogen) atoms. The molecule has 0 spiro atoms. The zero-order valence-corrected chi connectivity index (χ0v) is 25.0. The second kappa shape index (κ2) is 14.6. The Kier molecular flexibility index (Phi) is 10.7. The number of anilines is 2. The maximum Gasteiger partial charge on any atom is 0.229 e. The standard InChI is InChI=1S/C34H40N2O4S/c1-4-5-6-10-23-39-31-15-11-16-32(24-31)40-30-21-19-29(20-22-30)26-36(25-28-13-8-7-9-14-28)34-18-12-17-33(27(34)2)35-41(3,37)38/h7-9,11-22,24,35H,4-6,10,23,25-26H2,1-3H3. The van der Waals surface area contributed by atoms with E-state index in [0.29, 0.717) is 25.4 Å². The molecule has 0 bridgehead atoms. The minimum atomic E-state index is -3.39. The first-order valence-corrected chi connectivity index (χ1v) is 16.1. The minimum absolute atomic E-state index is 0.582. The Morgan fingerprint density at radius 3 is 2.12 bits per heavy atom. The number of benzene rings is 4. The SMILES string of the molecule is CCCCCCOc1cccc(Oc2ccc(CN(Cc3ccccc3)c3cccc(NS(C)(=O)=O)c3C)cc2)c1. The third kappa shape index (κ3) is 9.57. The average Bonchev–Trinajstić information content (AvgIpc) is 2.95. The molecular formula is C34H40N2O4S. The van der Waals surface area contributed by atoms with Gasteiger partial charge in [0.15, 0.2) is 0 Å². The Bertz CT molecular complexity index is 1490. The van der Waals surface area contributed by atoms with E-state index >= 15 is 0 Å². The Balaban J connectivity index is 1.48. The fraction of sp³-hybridized carbons (Fsp3) is 0.294. The lowest BCUT2D eigenvalue weighted by Gasteiger charge is -2.28. The molecule has 0 saturated carbocycles. The van der Waals surface area contributed by atoms with Crippen LogP contribution in [0.1, 0.15) is 49.3 Å². The van der Waals surface area contributed by atoms with Gasteiger partial charge in [0.25, 0.3) is 0 Å². The van der Waals surface area contributed by atoms with Gasteiger partial charge in [-0.1, -0.05) is 80.8 Å². The van der Waals surface area contributed by atoms with Crippen LogP contribution in [0.15, 0.2) is 97.1 Å². The van der Waals surface area contributed by atoms with Crippen LogP contribution >= 0.6 is 0 Å². The van der Waals surface area contributed by atoms with Crippen molar-refractivity contribution >= 4 is 21.4 Å². The summed E-state index contributed by atoms with van der Waals surface area (Å²) in [5.74, 6) is 2.30. The zero-order valence-electron chi connectivity index (χ0n) is 24.2. The highest BCUT2D eigenvalue weighted by Crippen LogP contribution is 2.31. The van der Waals surface area contributed by atoms with Crippen molar-refractivity contribution in [3.05, 3.63) is 114 Å². The molecule has 0 aliphatic heterocycles. The van der Waals surface area contributed by atoms with E-state index in [-0.39, 0.29) is 0 Å². The molecule has 4 aromatic rings. The number of rotatable bonds is 15. The van der Waals surface area contributed by atoms with Crippen LogP contribution in [0.4, 0.5) is 11.4 Å². The van der Waals surface area contributed by atoms with Crippen LogP contribution in [-0.4, -0.2) is 21.3 Å². The molecule has 0 radical (unpaired) electrons. The first-order valence-electron chi connectivity index (χ1n) is 14.2. The van der Waals surface area contributed by atoms with Crippen molar-refractivity contribution in [3.63, 3.8) is 0 Å². The van der Waals surface area contributed by atoms with Crippen LogP contribution in [0.3, 0.4) is 0 Å². The topological polar surface area (TPSA) is 67.9 Å². The van der Waals surface area contributed by atoms with Crippen molar-refractivity contribution in [2.75, 3.05) is 22.5 Å². The molecule has 0 fully saturated rings. The van der Waals surface area contributed by atoms with Gasteiger partial charge in [-0.2, -0.15) is 0 Å². The highest BCUT2D eigenvalue weighted by Gasteiger charge is 2.15. The first kappa shape index (κ1) is 30.0. The Morgan fingerprint density at radius 2 is 1.41 bits per heavy atom. The normalized spacial score (nSPS) is 11.2. The zero-order chi connectivity index (χ0) is 29.1. The molecule has 0 aromatic heterocycles. The molecule has 1 N–H and O–H groups in total. The molecule has 0 saturated heterocycles. The molecule has 0 aliphatic carbocycles. The number of ether oxygens (including phenoxy) is 2. The molecule has 0 atom stereocenters. The van der Waals surface area contributed by atoms with Gasteiger partial charge in [-0.25, -0.2) is 8.42 Å². The molecule has 216 valence electrons. The van der Waals surface area contributed by atoms with E-state index < -0.39 is 10.0 Å². The van der Waals surface area contributed by atoms with Gasteiger partial charge in [0, 0.05) is 24.8 Å². The molecule has 6 nitrogen and oxygen atoms in total. The lowest BCUT2D eigenvalue weighted by atomic mass is 10.1. The predicted molar refractivity (Wildman–Crippen MR) is 169 cm³/mol. The second-order valence-electron chi connectivity index (χ2n) is 10.3.